The zero-order valence-corrected chi connectivity index (χ0v) is 13.7. The van der Waals surface area contributed by atoms with Gasteiger partial charge in [0.1, 0.15) is 11.4 Å². The molecule has 1 aromatic carbocycles. The van der Waals surface area contributed by atoms with Crippen LogP contribution in [0.4, 0.5) is 10.8 Å². The lowest BCUT2D eigenvalue weighted by atomic mass is 10.3. The van der Waals surface area contributed by atoms with Crippen molar-refractivity contribution in [1.29, 1.82) is 0 Å². The van der Waals surface area contributed by atoms with E-state index in [1.807, 2.05) is 31.2 Å². The summed E-state index contributed by atoms with van der Waals surface area (Å²) in [6.45, 7) is 5.38. The number of anilines is 2. The fourth-order valence-electron chi connectivity index (χ4n) is 1.83. The summed E-state index contributed by atoms with van der Waals surface area (Å²) >= 11 is 1.41. The van der Waals surface area contributed by atoms with Crippen LogP contribution in [0.3, 0.4) is 0 Å². The molecule has 5 nitrogen and oxygen atoms in total. The SMILES string of the molecule is CCCCNC(=O)c1csc(Nc2ccc(OCC)cc2)n1. The maximum absolute atomic E-state index is 11.9. The third-order valence-corrected chi connectivity index (χ3v) is 3.73. The second-order valence-corrected chi connectivity index (χ2v) is 5.59. The third-order valence-electron chi connectivity index (χ3n) is 2.97. The number of ether oxygens (including phenoxy) is 1. The Hall–Kier alpha value is -2.08. The van der Waals surface area contributed by atoms with Gasteiger partial charge in [0.05, 0.1) is 6.61 Å². The number of rotatable bonds is 8. The van der Waals surface area contributed by atoms with Crippen molar-refractivity contribution in [2.45, 2.75) is 26.7 Å². The normalized spacial score (nSPS) is 10.3. The van der Waals surface area contributed by atoms with Crippen LogP contribution in [0.1, 0.15) is 37.2 Å². The molecule has 118 valence electrons. The quantitative estimate of drug-likeness (QED) is 0.726. The predicted molar refractivity (Wildman–Crippen MR) is 90.2 cm³/mol. The van der Waals surface area contributed by atoms with Crippen molar-refractivity contribution < 1.29 is 9.53 Å². The summed E-state index contributed by atoms with van der Waals surface area (Å²) in [5.74, 6) is 0.715. The van der Waals surface area contributed by atoms with Crippen molar-refractivity contribution in [2.75, 3.05) is 18.5 Å². The number of nitrogens with one attached hydrogen (secondary N) is 2. The average Bonchev–Trinajstić information content (AvgIpc) is 2.98. The van der Waals surface area contributed by atoms with Crippen LogP contribution in [0, 0.1) is 0 Å². The summed E-state index contributed by atoms with van der Waals surface area (Å²) in [6.07, 6.45) is 2.04. The van der Waals surface area contributed by atoms with Gasteiger partial charge in [-0.25, -0.2) is 4.98 Å². The Morgan fingerprint density at radius 2 is 2.05 bits per heavy atom. The highest BCUT2D eigenvalue weighted by Gasteiger charge is 2.10. The van der Waals surface area contributed by atoms with Gasteiger partial charge in [-0.05, 0) is 37.6 Å². The van der Waals surface area contributed by atoms with Crippen LogP contribution in [0.2, 0.25) is 0 Å². The molecule has 6 heteroatoms. The first kappa shape index (κ1) is 16.3. The molecule has 0 atom stereocenters. The van der Waals surface area contributed by atoms with Crippen molar-refractivity contribution >= 4 is 28.1 Å². The number of thiazole rings is 1. The lowest BCUT2D eigenvalue weighted by Gasteiger charge is -2.05. The molecule has 1 amide bonds. The van der Waals surface area contributed by atoms with Crippen molar-refractivity contribution in [3.63, 3.8) is 0 Å². The van der Waals surface area contributed by atoms with Crippen LogP contribution in [-0.4, -0.2) is 24.0 Å². The molecule has 0 saturated heterocycles. The molecular formula is C16H21N3O2S. The molecule has 0 fully saturated rings. The Morgan fingerprint density at radius 1 is 1.27 bits per heavy atom. The summed E-state index contributed by atoms with van der Waals surface area (Å²) in [5.41, 5.74) is 1.37. The second-order valence-electron chi connectivity index (χ2n) is 4.73. The molecule has 0 spiro atoms. The van der Waals surface area contributed by atoms with E-state index in [4.69, 9.17) is 4.74 Å². The minimum atomic E-state index is -0.121. The number of unbranched alkanes of at least 4 members (excludes halogenated alkanes) is 1. The zero-order chi connectivity index (χ0) is 15.8. The Labute approximate surface area is 134 Å². The van der Waals surface area contributed by atoms with Crippen LogP contribution in [0.15, 0.2) is 29.6 Å². The first-order valence-electron chi connectivity index (χ1n) is 7.46. The molecule has 1 heterocycles. The number of hydrogen-bond acceptors (Lipinski definition) is 5. The molecule has 0 saturated carbocycles. The number of benzene rings is 1. The van der Waals surface area contributed by atoms with E-state index < -0.39 is 0 Å². The van der Waals surface area contributed by atoms with Crippen molar-refractivity contribution in [3.05, 3.63) is 35.3 Å². The van der Waals surface area contributed by atoms with E-state index in [0.29, 0.717) is 24.0 Å². The summed E-state index contributed by atoms with van der Waals surface area (Å²) < 4.78 is 5.40. The highest BCUT2D eigenvalue weighted by molar-refractivity contribution is 7.14. The van der Waals surface area contributed by atoms with Crippen molar-refractivity contribution in [2.24, 2.45) is 0 Å². The molecule has 0 bridgehead atoms. The number of amides is 1. The van der Waals surface area contributed by atoms with Crippen LogP contribution >= 0.6 is 11.3 Å². The van der Waals surface area contributed by atoms with E-state index in [0.717, 1.165) is 24.3 Å². The number of hydrogen-bond donors (Lipinski definition) is 2. The van der Waals surface area contributed by atoms with Gasteiger partial charge in [0.15, 0.2) is 5.13 Å². The monoisotopic (exact) mass is 319 g/mol. The minimum Gasteiger partial charge on any atom is -0.494 e. The van der Waals surface area contributed by atoms with Gasteiger partial charge in [-0.3, -0.25) is 4.79 Å². The molecule has 22 heavy (non-hydrogen) atoms. The Bertz CT molecular complexity index is 596. The van der Waals surface area contributed by atoms with Crippen LogP contribution < -0.4 is 15.4 Å². The van der Waals surface area contributed by atoms with E-state index in [-0.39, 0.29) is 5.91 Å². The van der Waals surface area contributed by atoms with Gasteiger partial charge in [-0.15, -0.1) is 11.3 Å². The molecule has 2 rings (SSSR count). The van der Waals surface area contributed by atoms with Crippen LogP contribution in [0.5, 0.6) is 5.75 Å². The Morgan fingerprint density at radius 3 is 2.73 bits per heavy atom. The molecule has 0 unspecified atom stereocenters. The van der Waals surface area contributed by atoms with Crippen LogP contribution in [-0.2, 0) is 0 Å². The highest BCUT2D eigenvalue weighted by Crippen LogP contribution is 2.23. The first-order chi connectivity index (χ1) is 10.7. The molecule has 1 aromatic heterocycles. The molecule has 2 aromatic rings. The highest BCUT2D eigenvalue weighted by atomic mass is 32.1. The van der Waals surface area contributed by atoms with Gasteiger partial charge in [0.25, 0.3) is 5.91 Å². The largest absolute Gasteiger partial charge is 0.494 e. The van der Waals surface area contributed by atoms with Gasteiger partial charge < -0.3 is 15.4 Å². The van der Waals surface area contributed by atoms with E-state index in [2.05, 4.69) is 22.5 Å². The zero-order valence-electron chi connectivity index (χ0n) is 12.9. The fraction of sp³-hybridized carbons (Fsp3) is 0.375. The lowest BCUT2D eigenvalue weighted by Crippen LogP contribution is -2.24. The number of carbonyl (C=O) groups excluding carboxylic acids is 1. The lowest BCUT2D eigenvalue weighted by molar-refractivity contribution is 0.0949. The maximum Gasteiger partial charge on any atom is 0.270 e. The predicted octanol–water partition coefficient (Wildman–Crippen LogP) is 3.82. The maximum atomic E-state index is 11.9. The summed E-state index contributed by atoms with van der Waals surface area (Å²) in [5, 5.41) is 8.51. The minimum absolute atomic E-state index is 0.121. The number of carbonyl (C=O) groups is 1. The molecule has 0 aliphatic heterocycles. The molecule has 0 radical (unpaired) electrons. The summed E-state index contributed by atoms with van der Waals surface area (Å²) in [7, 11) is 0. The van der Waals surface area contributed by atoms with Gasteiger partial charge in [0.2, 0.25) is 0 Å². The molecular weight excluding hydrogens is 298 g/mol. The van der Waals surface area contributed by atoms with E-state index in [9.17, 15) is 4.79 Å². The summed E-state index contributed by atoms with van der Waals surface area (Å²) in [6, 6.07) is 7.65. The van der Waals surface area contributed by atoms with E-state index in [1.54, 1.807) is 5.38 Å². The van der Waals surface area contributed by atoms with Gasteiger partial charge in [-0.1, -0.05) is 13.3 Å². The standard InChI is InChI=1S/C16H21N3O2S/c1-3-5-10-17-15(20)14-11-22-16(19-14)18-12-6-8-13(9-7-12)21-4-2/h6-9,11H,3-5,10H2,1-2H3,(H,17,20)(H,18,19). The van der Waals surface area contributed by atoms with E-state index in [1.165, 1.54) is 11.3 Å². The average molecular weight is 319 g/mol. The van der Waals surface area contributed by atoms with Crippen molar-refractivity contribution in [1.82, 2.24) is 10.3 Å². The first-order valence-corrected chi connectivity index (χ1v) is 8.34. The second kappa shape index (κ2) is 8.38. The summed E-state index contributed by atoms with van der Waals surface area (Å²) in [4.78, 5) is 16.2. The van der Waals surface area contributed by atoms with Gasteiger partial charge >= 0.3 is 0 Å². The molecule has 0 aliphatic rings. The van der Waals surface area contributed by atoms with Crippen LogP contribution in [0.25, 0.3) is 0 Å². The molecule has 0 aliphatic carbocycles. The van der Waals surface area contributed by atoms with E-state index >= 15 is 0 Å². The van der Waals surface area contributed by atoms with Gasteiger partial charge in [0, 0.05) is 17.6 Å². The Kier molecular flexibility index (Phi) is 6.21. The molecule has 2 N–H and O–H groups in total. The third kappa shape index (κ3) is 4.73. The topological polar surface area (TPSA) is 63.2 Å². The van der Waals surface area contributed by atoms with Crippen molar-refractivity contribution in [3.8, 4) is 5.75 Å². The number of nitrogens with zero attached hydrogens (tertiary/aromatic N) is 1. The fourth-order valence-corrected chi connectivity index (χ4v) is 2.54. The number of aromatic nitrogens is 1. The van der Waals surface area contributed by atoms with Gasteiger partial charge in [-0.2, -0.15) is 0 Å². The smallest absolute Gasteiger partial charge is 0.270 e. The Balaban J connectivity index is 1.92.